The quantitative estimate of drug-likeness (QED) is 0.716. The highest BCUT2D eigenvalue weighted by atomic mass is 16.3. The van der Waals surface area contributed by atoms with E-state index in [1.165, 1.54) is 5.56 Å². The van der Waals surface area contributed by atoms with Gasteiger partial charge in [0.2, 0.25) is 5.91 Å². The Hall–Kier alpha value is -1.47. The fourth-order valence-electron chi connectivity index (χ4n) is 5.75. The summed E-state index contributed by atoms with van der Waals surface area (Å²) in [5.41, 5.74) is 6.57. The first-order chi connectivity index (χ1) is 13.3. The molecule has 1 atom stereocenters. The van der Waals surface area contributed by atoms with E-state index < -0.39 is 11.8 Å². The third-order valence-electron chi connectivity index (χ3n) is 8.00. The van der Waals surface area contributed by atoms with Crippen molar-refractivity contribution < 1.29 is 9.90 Å². The molecule has 1 spiro atoms. The van der Waals surface area contributed by atoms with Crippen molar-refractivity contribution in [2.45, 2.75) is 62.4 Å². The Kier molecular flexibility index (Phi) is 5.02. The van der Waals surface area contributed by atoms with E-state index in [9.17, 15) is 9.90 Å². The minimum atomic E-state index is -0.694. The monoisotopic (exact) mass is 386 g/mol. The maximum Gasteiger partial charge on any atom is 0.224 e. The molecule has 1 saturated heterocycles. The van der Waals surface area contributed by atoms with E-state index in [0.29, 0.717) is 6.54 Å². The number of hydrogen-bond acceptors (Lipinski definition) is 5. The smallest absolute Gasteiger partial charge is 0.224 e. The molecular formula is C22H34N4O2. The summed E-state index contributed by atoms with van der Waals surface area (Å²) in [6, 6.07) is 10.8. The number of benzene rings is 1. The van der Waals surface area contributed by atoms with Gasteiger partial charge in [-0.05, 0) is 58.2 Å². The van der Waals surface area contributed by atoms with E-state index in [0.717, 1.165) is 51.5 Å². The van der Waals surface area contributed by atoms with E-state index >= 15 is 0 Å². The maximum atomic E-state index is 12.1. The first-order valence-electron chi connectivity index (χ1n) is 10.5. The minimum Gasteiger partial charge on any atom is -0.369 e. The molecular weight excluding hydrogens is 352 g/mol. The summed E-state index contributed by atoms with van der Waals surface area (Å²) in [5, 5.41) is 13.9. The zero-order valence-electron chi connectivity index (χ0n) is 17.2. The van der Waals surface area contributed by atoms with Gasteiger partial charge in [0.1, 0.15) is 0 Å². The van der Waals surface area contributed by atoms with Crippen molar-refractivity contribution in [3.05, 3.63) is 35.9 Å². The fraction of sp³-hybridized carbons (Fsp3) is 0.682. The molecule has 2 saturated carbocycles. The van der Waals surface area contributed by atoms with Crippen LogP contribution in [0.4, 0.5) is 0 Å². The van der Waals surface area contributed by atoms with Crippen LogP contribution in [-0.2, 0) is 10.3 Å². The number of aliphatic hydroxyl groups excluding tert-OH is 1. The van der Waals surface area contributed by atoms with Gasteiger partial charge >= 0.3 is 0 Å². The Labute approximate surface area is 168 Å². The number of carbonyl (C=O) groups excluding carboxylic acids is 1. The highest BCUT2D eigenvalue weighted by Crippen LogP contribution is 2.50. The number of primary amides is 1. The van der Waals surface area contributed by atoms with Gasteiger partial charge in [-0.15, -0.1) is 0 Å². The molecule has 4 N–H and O–H groups in total. The molecule has 1 unspecified atom stereocenters. The summed E-state index contributed by atoms with van der Waals surface area (Å²) >= 11 is 0. The summed E-state index contributed by atoms with van der Waals surface area (Å²) < 4.78 is 0. The molecule has 6 nitrogen and oxygen atoms in total. The number of carbonyl (C=O) groups is 1. The minimum absolute atomic E-state index is 0.0174. The summed E-state index contributed by atoms with van der Waals surface area (Å²) in [6.45, 7) is 1.33. The van der Waals surface area contributed by atoms with Crippen LogP contribution in [0.3, 0.4) is 0 Å². The van der Waals surface area contributed by atoms with Gasteiger partial charge in [-0.25, -0.2) is 0 Å². The largest absolute Gasteiger partial charge is 0.369 e. The molecule has 1 amide bonds. The predicted molar refractivity (Wildman–Crippen MR) is 109 cm³/mol. The molecule has 3 fully saturated rings. The SMILES string of the molecule is CN(C)C1(c2ccccc2)CCC2(CC1)CNC(O)N2CC1(C(N)=O)CCC1. The van der Waals surface area contributed by atoms with Crippen LogP contribution in [0.1, 0.15) is 50.5 Å². The van der Waals surface area contributed by atoms with Gasteiger partial charge < -0.3 is 10.8 Å². The lowest BCUT2D eigenvalue weighted by Crippen LogP contribution is -2.60. The molecule has 1 aliphatic heterocycles. The van der Waals surface area contributed by atoms with Gasteiger partial charge in [0.25, 0.3) is 0 Å². The van der Waals surface area contributed by atoms with Gasteiger partial charge in [0.15, 0.2) is 6.35 Å². The fourth-order valence-corrected chi connectivity index (χ4v) is 5.75. The Bertz CT molecular complexity index is 709. The lowest BCUT2D eigenvalue weighted by molar-refractivity contribution is -0.141. The number of amides is 1. The lowest BCUT2D eigenvalue weighted by Gasteiger charge is -2.53. The second-order valence-corrected chi connectivity index (χ2v) is 9.40. The third-order valence-corrected chi connectivity index (χ3v) is 8.00. The molecule has 6 heteroatoms. The molecule has 1 aromatic carbocycles. The van der Waals surface area contributed by atoms with E-state index in [1.54, 1.807) is 0 Å². The standard InChI is InChI=1S/C22H34N4O2/c1-25(2)22(17-7-4-3-5-8-17)13-11-21(12-14-22)15-24-19(28)26(21)16-20(18(23)27)9-6-10-20/h3-5,7-8,19,24,28H,6,9-16H2,1-2H3,(H2,23,27). The van der Waals surface area contributed by atoms with Crippen molar-refractivity contribution >= 4 is 5.91 Å². The zero-order chi connectivity index (χ0) is 20.0. The van der Waals surface area contributed by atoms with Crippen LogP contribution in [0, 0.1) is 5.41 Å². The molecule has 28 heavy (non-hydrogen) atoms. The molecule has 2 aliphatic carbocycles. The van der Waals surface area contributed by atoms with Gasteiger partial charge in [-0.3, -0.25) is 19.9 Å². The highest BCUT2D eigenvalue weighted by molar-refractivity contribution is 5.82. The molecule has 0 radical (unpaired) electrons. The number of aliphatic hydroxyl groups is 1. The van der Waals surface area contributed by atoms with E-state index in [2.05, 4.69) is 59.5 Å². The van der Waals surface area contributed by atoms with Crippen molar-refractivity contribution in [1.29, 1.82) is 0 Å². The average Bonchev–Trinajstić information content (AvgIpc) is 2.95. The van der Waals surface area contributed by atoms with Crippen LogP contribution >= 0.6 is 0 Å². The number of nitrogens with zero attached hydrogens (tertiary/aromatic N) is 2. The van der Waals surface area contributed by atoms with Crippen LogP contribution in [0.2, 0.25) is 0 Å². The first-order valence-corrected chi connectivity index (χ1v) is 10.5. The summed E-state index contributed by atoms with van der Waals surface area (Å²) in [6.07, 6.45) is 6.06. The Morgan fingerprint density at radius 3 is 2.32 bits per heavy atom. The number of rotatable bonds is 5. The number of nitrogens with one attached hydrogen (secondary N) is 1. The highest BCUT2D eigenvalue weighted by Gasteiger charge is 2.55. The van der Waals surface area contributed by atoms with Gasteiger partial charge in [-0.2, -0.15) is 0 Å². The molecule has 1 aromatic rings. The lowest BCUT2D eigenvalue weighted by atomic mass is 9.65. The molecule has 154 valence electrons. The molecule has 0 aromatic heterocycles. The Morgan fingerprint density at radius 2 is 1.82 bits per heavy atom. The predicted octanol–water partition coefficient (Wildman–Crippen LogP) is 1.59. The average molecular weight is 387 g/mol. The van der Waals surface area contributed by atoms with Gasteiger partial charge in [0, 0.05) is 24.2 Å². The Morgan fingerprint density at radius 1 is 1.18 bits per heavy atom. The van der Waals surface area contributed by atoms with Crippen molar-refractivity contribution in [2.24, 2.45) is 11.1 Å². The van der Waals surface area contributed by atoms with E-state index in [1.807, 2.05) is 0 Å². The van der Waals surface area contributed by atoms with Crippen LogP contribution in [-0.4, -0.2) is 59.9 Å². The van der Waals surface area contributed by atoms with Crippen LogP contribution in [0.15, 0.2) is 30.3 Å². The third kappa shape index (κ3) is 2.98. The van der Waals surface area contributed by atoms with Crippen molar-refractivity contribution in [2.75, 3.05) is 27.2 Å². The normalized spacial score (nSPS) is 35.2. The summed E-state index contributed by atoms with van der Waals surface area (Å²) in [5.74, 6) is -0.212. The van der Waals surface area contributed by atoms with Crippen LogP contribution < -0.4 is 11.1 Å². The van der Waals surface area contributed by atoms with E-state index in [-0.39, 0.29) is 17.0 Å². The summed E-state index contributed by atoms with van der Waals surface area (Å²) in [4.78, 5) is 16.6. The maximum absolute atomic E-state index is 12.1. The van der Waals surface area contributed by atoms with Gasteiger partial charge in [-0.1, -0.05) is 36.8 Å². The molecule has 3 aliphatic rings. The summed E-state index contributed by atoms with van der Waals surface area (Å²) in [7, 11) is 4.34. The zero-order valence-corrected chi connectivity index (χ0v) is 17.2. The number of nitrogens with two attached hydrogens (primary N) is 1. The van der Waals surface area contributed by atoms with Crippen LogP contribution in [0.25, 0.3) is 0 Å². The van der Waals surface area contributed by atoms with Crippen LogP contribution in [0.5, 0.6) is 0 Å². The van der Waals surface area contributed by atoms with Crippen molar-refractivity contribution in [3.8, 4) is 0 Å². The topological polar surface area (TPSA) is 81.8 Å². The van der Waals surface area contributed by atoms with Crippen molar-refractivity contribution in [1.82, 2.24) is 15.1 Å². The van der Waals surface area contributed by atoms with E-state index in [4.69, 9.17) is 5.73 Å². The molecule has 1 heterocycles. The van der Waals surface area contributed by atoms with Gasteiger partial charge in [0.05, 0.1) is 5.41 Å². The second kappa shape index (κ2) is 7.10. The Balaban J connectivity index is 1.57. The number of hydrogen-bond donors (Lipinski definition) is 3. The second-order valence-electron chi connectivity index (χ2n) is 9.40. The molecule has 0 bridgehead atoms. The first kappa shape index (κ1) is 19.8. The van der Waals surface area contributed by atoms with Crippen molar-refractivity contribution in [3.63, 3.8) is 0 Å². The molecule has 4 rings (SSSR count).